The van der Waals surface area contributed by atoms with Crippen molar-refractivity contribution in [1.29, 1.82) is 0 Å². The fourth-order valence-electron chi connectivity index (χ4n) is 5.30. The number of nitrogens with one attached hydrogen (secondary N) is 1. The summed E-state index contributed by atoms with van der Waals surface area (Å²) in [6.07, 6.45) is 9.01. The molecule has 0 saturated heterocycles. The van der Waals surface area contributed by atoms with Gasteiger partial charge in [0.25, 0.3) is 0 Å². The smallest absolute Gasteiger partial charge is 0.0191 e. The Kier molecular flexibility index (Phi) is 1.81. The lowest BCUT2D eigenvalue weighted by Crippen LogP contribution is -2.61. The van der Waals surface area contributed by atoms with Crippen molar-refractivity contribution < 1.29 is 0 Å². The molecule has 1 nitrogen and oxygen atoms in total. The van der Waals surface area contributed by atoms with E-state index in [4.69, 9.17) is 0 Å². The third-order valence-electron chi connectivity index (χ3n) is 4.91. The maximum Gasteiger partial charge on any atom is 0.0191 e. The highest BCUT2D eigenvalue weighted by atomic mass is 15.0. The molecule has 14 heavy (non-hydrogen) atoms. The predicted octanol–water partition coefficient (Wildman–Crippen LogP) is 2.95. The van der Waals surface area contributed by atoms with Gasteiger partial charge in [0.1, 0.15) is 0 Å². The van der Waals surface area contributed by atoms with E-state index in [1.54, 1.807) is 6.42 Å². The van der Waals surface area contributed by atoms with E-state index in [9.17, 15) is 0 Å². The number of rotatable bonds is 2. The lowest BCUT2D eigenvalue weighted by atomic mass is 9.47. The molecular formula is C13H23N. The van der Waals surface area contributed by atoms with Gasteiger partial charge in [-0.15, -0.1) is 0 Å². The van der Waals surface area contributed by atoms with E-state index in [0.717, 1.165) is 18.4 Å². The van der Waals surface area contributed by atoms with Crippen LogP contribution in [0.25, 0.3) is 0 Å². The predicted molar refractivity (Wildman–Crippen MR) is 59.2 cm³/mol. The Labute approximate surface area is 87.7 Å². The Balaban J connectivity index is 1.89. The molecule has 4 saturated carbocycles. The topological polar surface area (TPSA) is 12.0 Å². The summed E-state index contributed by atoms with van der Waals surface area (Å²) in [6, 6.07) is 0. The quantitative estimate of drug-likeness (QED) is 0.711. The van der Waals surface area contributed by atoms with Crippen LogP contribution in [0, 0.1) is 17.3 Å². The van der Waals surface area contributed by atoms with Gasteiger partial charge in [0.2, 0.25) is 0 Å². The summed E-state index contributed by atoms with van der Waals surface area (Å²) in [5.41, 5.74) is 1.26. The van der Waals surface area contributed by atoms with Crippen LogP contribution in [0.5, 0.6) is 0 Å². The Bertz CT molecular complexity index is 232. The van der Waals surface area contributed by atoms with E-state index < -0.39 is 0 Å². The molecule has 4 fully saturated rings. The largest absolute Gasteiger partial charge is 0.311 e. The minimum Gasteiger partial charge on any atom is -0.311 e. The molecular weight excluding hydrogens is 170 g/mol. The maximum atomic E-state index is 3.82. The molecule has 4 bridgehead atoms. The van der Waals surface area contributed by atoms with Crippen molar-refractivity contribution in [2.24, 2.45) is 17.3 Å². The Hall–Kier alpha value is -0.0400. The molecule has 4 aliphatic carbocycles. The Morgan fingerprint density at radius 3 is 2.29 bits per heavy atom. The first-order valence-corrected chi connectivity index (χ1v) is 6.38. The first kappa shape index (κ1) is 9.21. The van der Waals surface area contributed by atoms with Crippen molar-refractivity contribution >= 4 is 0 Å². The van der Waals surface area contributed by atoms with E-state index in [0.29, 0.717) is 11.0 Å². The molecule has 0 aliphatic heterocycles. The average Bonchev–Trinajstić information content (AvgIpc) is 1.97. The normalized spacial score (nSPS) is 55.3. The SMILES string of the molecule is CCNC12CC3CC(CC(C)(C3)C1)C2. The van der Waals surface area contributed by atoms with Gasteiger partial charge in [-0.2, -0.15) is 0 Å². The van der Waals surface area contributed by atoms with E-state index in [1.165, 1.54) is 32.1 Å². The van der Waals surface area contributed by atoms with Crippen LogP contribution in [0.4, 0.5) is 0 Å². The molecule has 4 aliphatic rings. The van der Waals surface area contributed by atoms with E-state index in [-0.39, 0.29) is 0 Å². The summed E-state index contributed by atoms with van der Waals surface area (Å²) in [4.78, 5) is 0. The second-order valence-corrected chi connectivity index (χ2v) is 6.58. The van der Waals surface area contributed by atoms with Crippen LogP contribution in [0.1, 0.15) is 52.4 Å². The highest BCUT2D eigenvalue weighted by Gasteiger charge is 2.55. The molecule has 0 heterocycles. The zero-order valence-corrected chi connectivity index (χ0v) is 9.60. The van der Waals surface area contributed by atoms with Crippen LogP contribution in [0.3, 0.4) is 0 Å². The third-order valence-corrected chi connectivity index (χ3v) is 4.91. The van der Waals surface area contributed by atoms with Crippen LogP contribution in [0.2, 0.25) is 0 Å². The van der Waals surface area contributed by atoms with Crippen molar-refractivity contribution in [3.8, 4) is 0 Å². The van der Waals surface area contributed by atoms with Gasteiger partial charge in [-0.3, -0.25) is 0 Å². The van der Waals surface area contributed by atoms with Crippen molar-refractivity contribution in [1.82, 2.24) is 5.32 Å². The zero-order valence-electron chi connectivity index (χ0n) is 9.60. The molecule has 0 aromatic carbocycles. The molecule has 0 spiro atoms. The van der Waals surface area contributed by atoms with Crippen molar-refractivity contribution in [2.75, 3.05) is 6.54 Å². The van der Waals surface area contributed by atoms with Crippen LogP contribution < -0.4 is 5.32 Å². The molecule has 1 heteroatoms. The average molecular weight is 193 g/mol. The maximum absolute atomic E-state index is 3.82. The molecule has 1 N–H and O–H groups in total. The summed E-state index contributed by atoms with van der Waals surface area (Å²) < 4.78 is 0. The lowest BCUT2D eigenvalue weighted by Gasteiger charge is -2.61. The van der Waals surface area contributed by atoms with Gasteiger partial charge >= 0.3 is 0 Å². The minimum atomic E-state index is 0.563. The van der Waals surface area contributed by atoms with Gasteiger partial charge in [-0.25, -0.2) is 0 Å². The van der Waals surface area contributed by atoms with Crippen LogP contribution >= 0.6 is 0 Å². The molecule has 4 rings (SSSR count). The molecule has 2 unspecified atom stereocenters. The van der Waals surface area contributed by atoms with Gasteiger partial charge in [0.05, 0.1) is 0 Å². The second-order valence-electron chi connectivity index (χ2n) is 6.58. The summed E-state index contributed by atoms with van der Waals surface area (Å²) >= 11 is 0. The molecule has 2 atom stereocenters. The summed E-state index contributed by atoms with van der Waals surface area (Å²) in [5.74, 6) is 2.11. The highest BCUT2D eigenvalue weighted by Crippen LogP contribution is 2.61. The molecule has 0 aromatic rings. The summed E-state index contributed by atoms with van der Waals surface area (Å²) in [6.45, 7) is 5.97. The first-order valence-electron chi connectivity index (χ1n) is 6.38. The molecule has 0 radical (unpaired) electrons. The van der Waals surface area contributed by atoms with Crippen LogP contribution in [-0.2, 0) is 0 Å². The first-order chi connectivity index (χ1) is 6.63. The standard InChI is InChI=1S/C13H23N/c1-3-14-13-7-10-4-11(8-13)6-12(2,5-10)9-13/h10-11,14H,3-9H2,1-2H3. The van der Waals surface area contributed by atoms with Gasteiger partial charge in [0, 0.05) is 5.54 Å². The molecule has 80 valence electrons. The van der Waals surface area contributed by atoms with Crippen molar-refractivity contribution in [3.63, 3.8) is 0 Å². The van der Waals surface area contributed by atoms with E-state index >= 15 is 0 Å². The number of hydrogen-bond donors (Lipinski definition) is 1. The third kappa shape index (κ3) is 1.25. The Morgan fingerprint density at radius 1 is 1.14 bits per heavy atom. The molecule has 0 aromatic heterocycles. The van der Waals surface area contributed by atoms with Gasteiger partial charge in [0.15, 0.2) is 0 Å². The van der Waals surface area contributed by atoms with Crippen molar-refractivity contribution in [3.05, 3.63) is 0 Å². The van der Waals surface area contributed by atoms with Crippen molar-refractivity contribution in [2.45, 2.75) is 57.9 Å². The van der Waals surface area contributed by atoms with Gasteiger partial charge in [-0.05, 0) is 62.3 Å². The highest BCUT2D eigenvalue weighted by molar-refractivity contribution is 5.10. The van der Waals surface area contributed by atoms with E-state index in [2.05, 4.69) is 19.2 Å². The van der Waals surface area contributed by atoms with Crippen LogP contribution in [-0.4, -0.2) is 12.1 Å². The fraction of sp³-hybridized carbons (Fsp3) is 1.00. The van der Waals surface area contributed by atoms with E-state index in [1.807, 2.05) is 0 Å². The summed E-state index contributed by atoms with van der Waals surface area (Å²) in [5, 5.41) is 3.82. The Morgan fingerprint density at radius 2 is 1.79 bits per heavy atom. The van der Waals surface area contributed by atoms with Gasteiger partial charge in [-0.1, -0.05) is 13.8 Å². The lowest BCUT2D eigenvalue weighted by molar-refractivity contribution is -0.0712. The zero-order chi connectivity index (χ0) is 9.81. The molecule has 0 amide bonds. The fourth-order valence-corrected chi connectivity index (χ4v) is 5.30. The monoisotopic (exact) mass is 193 g/mol. The van der Waals surface area contributed by atoms with Crippen LogP contribution in [0.15, 0.2) is 0 Å². The minimum absolute atomic E-state index is 0.563. The number of hydrogen-bond acceptors (Lipinski definition) is 1. The second kappa shape index (κ2) is 2.75. The van der Waals surface area contributed by atoms with Gasteiger partial charge < -0.3 is 5.32 Å². The summed E-state index contributed by atoms with van der Waals surface area (Å²) in [7, 11) is 0.